The maximum atomic E-state index is 11.2. The highest BCUT2D eigenvalue weighted by molar-refractivity contribution is 6.49. The average Bonchev–Trinajstić information content (AvgIpc) is 2.28. The molecule has 0 bridgehead atoms. The molecular formula is C15H15ClO2. The van der Waals surface area contributed by atoms with Crippen molar-refractivity contribution >= 4 is 28.2 Å². The summed E-state index contributed by atoms with van der Waals surface area (Å²) < 4.78 is 0. The van der Waals surface area contributed by atoms with Crippen LogP contribution < -0.4 is 0 Å². The quantitative estimate of drug-likeness (QED) is 0.359. The molecule has 1 aromatic carbocycles. The number of halogens is 1. The number of Topliss-reactive ketones (excluding diaryl/α,β-unsaturated/α-hetero) is 2. The fourth-order valence-electron chi connectivity index (χ4n) is 1.45. The molecule has 3 heteroatoms. The minimum absolute atomic E-state index is 0.153. The van der Waals surface area contributed by atoms with Crippen molar-refractivity contribution in [2.75, 3.05) is 0 Å². The lowest BCUT2D eigenvalue weighted by molar-refractivity contribution is -0.119. The lowest BCUT2D eigenvalue weighted by Crippen LogP contribution is -2.05. The summed E-state index contributed by atoms with van der Waals surface area (Å²) in [7, 11) is 0. The van der Waals surface area contributed by atoms with Crippen molar-refractivity contribution in [2.24, 2.45) is 0 Å². The molecule has 0 fully saturated rings. The highest BCUT2D eigenvalue weighted by atomic mass is 35.5. The molecule has 0 aromatic heterocycles. The van der Waals surface area contributed by atoms with Crippen LogP contribution in [0.1, 0.15) is 25.0 Å². The first kappa shape index (κ1) is 14.4. The van der Waals surface area contributed by atoms with Crippen molar-refractivity contribution in [3.05, 3.63) is 53.1 Å². The maximum Gasteiger partial charge on any atom is 0.163 e. The van der Waals surface area contributed by atoms with Crippen LogP contribution in [0.3, 0.4) is 0 Å². The molecular weight excluding hydrogens is 248 g/mol. The van der Waals surface area contributed by atoms with Gasteiger partial charge in [-0.25, -0.2) is 0 Å². The Kier molecular flexibility index (Phi) is 5.05. The van der Waals surface area contributed by atoms with Gasteiger partial charge < -0.3 is 0 Å². The molecule has 0 aliphatic rings. The summed E-state index contributed by atoms with van der Waals surface area (Å²) in [5.74, 6) is -0.515. The zero-order valence-corrected chi connectivity index (χ0v) is 11.4. The summed E-state index contributed by atoms with van der Waals surface area (Å²) in [5, 5.41) is 0.495. The summed E-state index contributed by atoms with van der Waals surface area (Å²) in [6.45, 7) is 4.71. The minimum atomic E-state index is -0.257. The Labute approximate surface area is 112 Å². The van der Waals surface area contributed by atoms with Crippen LogP contribution in [0.15, 0.2) is 42.0 Å². The predicted molar refractivity (Wildman–Crippen MR) is 74.5 cm³/mol. The third-order valence-electron chi connectivity index (χ3n) is 2.48. The van der Waals surface area contributed by atoms with E-state index in [9.17, 15) is 9.59 Å². The van der Waals surface area contributed by atoms with Crippen LogP contribution >= 0.6 is 11.6 Å². The maximum absolute atomic E-state index is 11.2. The molecule has 0 N–H and O–H groups in total. The van der Waals surface area contributed by atoms with Crippen LogP contribution in [-0.4, -0.2) is 11.6 Å². The van der Waals surface area contributed by atoms with Gasteiger partial charge in [-0.2, -0.15) is 0 Å². The number of carbonyl (C=O) groups is 2. The van der Waals surface area contributed by atoms with Gasteiger partial charge in [-0.1, -0.05) is 41.4 Å². The second kappa shape index (κ2) is 6.31. The second-order valence-corrected chi connectivity index (χ2v) is 4.48. The zero-order chi connectivity index (χ0) is 13.7. The molecule has 2 nitrogen and oxygen atoms in total. The van der Waals surface area contributed by atoms with Gasteiger partial charge in [0.15, 0.2) is 11.6 Å². The molecule has 1 aromatic rings. The van der Waals surface area contributed by atoms with Crippen LogP contribution in [0.4, 0.5) is 0 Å². The van der Waals surface area contributed by atoms with Gasteiger partial charge in [0.05, 0.1) is 5.57 Å². The van der Waals surface area contributed by atoms with Crippen LogP contribution in [-0.2, 0) is 9.59 Å². The van der Waals surface area contributed by atoms with E-state index in [1.54, 1.807) is 6.08 Å². The number of benzene rings is 1. The molecule has 0 heterocycles. The van der Waals surface area contributed by atoms with Gasteiger partial charge in [-0.15, -0.1) is 0 Å². The Hall–Kier alpha value is -1.67. The topological polar surface area (TPSA) is 34.1 Å². The van der Waals surface area contributed by atoms with Crippen molar-refractivity contribution in [2.45, 2.75) is 20.8 Å². The summed E-state index contributed by atoms with van der Waals surface area (Å²) in [4.78, 5) is 22.4. The molecule has 0 saturated heterocycles. The monoisotopic (exact) mass is 262 g/mol. The van der Waals surface area contributed by atoms with E-state index >= 15 is 0 Å². The first-order valence-corrected chi connectivity index (χ1v) is 5.96. The SMILES string of the molecule is CC(=O)C(=C/C=C(\Cl)c1ccc(C)cc1)C(C)=O. The molecule has 1 rings (SSSR count). The lowest BCUT2D eigenvalue weighted by atomic mass is 10.1. The lowest BCUT2D eigenvalue weighted by Gasteiger charge is -2.00. The standard InChI is InChI=1S/C15H15ClO2/c1-10-4-6-13(7-5-10)15(16)9-8-14(11(2)17)12(3)18/h4-9H,1-3H3/b15-9-. The fourth-order valence-corrected chi connectivity index (χ4v) is 1.64. The van der Waals surface area contributed by atoms with E-state index in [4.69, 9.17) is 11.6 Å². The minimum Gasteiger partial charge on any atom is -0.294 e. The number of allylic oxidation sites excluding steroid dienone is 3. The molecule has 0 saturated carbocycles. The normalized spacial score (nSPS) is 11.0. The largest absolute Gasteiger partial charge is 0.294 e. The summed E-state index contributed by atoms with van der Waals surface area (Å²) in [6.07, 6.45) is 3.04. The molecule has 0 unspecified atom stereocenters. The number of ketones is 2. The summed E-state index contributed by atoms with van der Waals surface area (Å²) in [5.41, 5.74) is 2.15. The van der Waals surface area contributed by atoms with Crippen molar-refractivity contribution in [3.63, 3.8) is 0 Å². The zero-order valence-electron chi connectivity index (χ0n) is 10.7. The summed E-state index contributed by atoms with van der Waals surface area (Å²) >= 11 is 6.11. The molecule has 18 heavy (non-hydrogen) atoms. The van der Waals surface area contributed by atoms with Gasteiger partial charge in [0, 0.05) is 5.03 Å². The molecule has 0 aliphatic carbocycles. The van der Waals surface area contributed by atoms with Crippen molar-refractivity contribution in [1.29, 1.82) is 0 Å². The van der Waals surface area contributed by atoms with E-state index in [0.29, 0.717) is 5.03 Å². The van der Waals surface area contributed by atoms with Gasteiger partial charge in [-0.3, -0.25) is 9.59 Å². The molecule has 0 spiro atoms. The first-order chi connectivity index (χ1) is 8.41. The van der Waals surface area contributed by atoms with Gasteiger partial charge >= 0.3 is 0 Å². The smallest absolute Gasteiger partial charge is 0.163 e. The van der Waals surface area contributed by atoms with Gasteiger partial charge in [0.2, 0.25) is 0 Å². The number of rotatable bonds is 4. The Morgan fingerprint density at radius 3 is 1.94 bits per heavy atom. The van der Waals surface area contributed by atoms with Crippen molar-refractivity contribution in [3.8, 4) is 0 Å². The third kappa shape index (κ3) is 3.97. The number of hydrogen-bond donors (Lipinski definition) is 0. The molecule has 0 radical (unpaired) electrons. The van der Waals surface area contributed by atoms with Crippen LogP contribution in [0.2, 0.25) is 0 Å². The van der Waals surface area contributed by atoms with E-state index < -0.39 is 0 Å². The third-order valence-corrected chi connectivity index (χ3v) is 2.83. The van der Waals surface area contributed by atoms with E-state index in [1.807, 2.05) is 31.2 Å². The fraction of sp³-hybridized carbons (Fsp3) is 0.200. The Morgan fingerprint density at radius 2 is 1.50 bits per heavy atom. The van der Waals surface area contributed by atoms with E-state index in [0.717, 1.165) is 11.1 Å². The van der Waals surface area contributed by atoms with Gasteiger partial charge in [0.25, 0.3) is 0 Å². The number of aryl methyl sites for hydroxylation is 1. The average molecular weight is 263 g/mol. The predicted octanol–water partition coefficient (Wildman–Crippen LogP) is 3.68. The first-order valence-electron chi connectivity index (χ1n) is 5.58. The van der Waals surface area contributed by atoms with E-state index in [1.165, 1.54) is 19.9 Å². The highest BCUT2D eigenvalue weighted by Gasteiger charge is 2.07. The second-order valence-electron chi connectivity index (χ2n) is 4.07. The number of carbonyl (C=O) groups excluding carboxylic acids is 2. The van der Waals surface area contributed by atoms with Crippen LogP contribution in [0.25, 0.3) is 5.03 Å². The van der Waals surface area contributed by atoms with Gasteiger partial charge in [0.1, 0.15) is 0 Å². The van der Waals surface area contributed by atoms with Crippen molar-refractivity contribution in [1.82, 2.24) is 0 Å². The van der Waals surface area contributed by atoms with E-state index in [2.05, 4.69) is 0 Å². The van der Waals surface area contributed by atoms with Gasteiger partial charge in [-0.05, 0) is 38.5 Å². The van der Waals surface area contributed by atoms with E-state index in [-0.39, 0.29) is 17.1 Å². The Balaban J connectivity index is 3.02. The number of hydrogen-bond acceptors (Lipinski definition) is 2. The molecule has 0 amide bonds. The Bertz CT molecular complexity index is 506. The van der Waals surface area contributed by atoms with Crippen LogP contribution in [0, 0.1) is 6.92 Å². The molecule has 0 aliphatic heterocycles. The van der Waals surface area contributed by atoms with Crippen molar-refractivity contribution < 1.29 is 9.59 Å². The summed E-state index contributed by atoms with van der Waals surface area (Å²) in [6, 6.07) is 7.69. The molecule has 0 atom stereocenters. The highest BCUT2D eigenvalue weighted by Crippen LogP contribution is 2.19. The Morgan fingerprint density at radius 1 is 1.00 bits per heavy atom. The molecule has 94 valence electrons. The van der Waals surface area contributed by atoms with Crippen LogP contribution in [0.5, 0.6) is 0 Å².